The number of halogens is 1. The number of Topliss-reactive ketones (excluding diaryl/α,β-unsaturated/α-hetero) is 1. The van der Waals surface area contributed by atoms with Gasteiger partial charge in [0.25, 0.3) is 0 Å². The number of carboxylic acids is 2. The van der Waals surface area contributed by atoms with E-state index in [1.54, 1.807) is 34.6 Å². The maximum Gasteiger partial charge on any atom is 1.00 e. The molecule has 3 unspecified atom stereocenters. The van der Waals surface area contributed by atoms with E-state index in [2.05, 4.69) is 5.84 Å². The van der Waals surface area contributed by atoms with Gasteiger partial charge in [-0.25, -0.2) is 0 Å². The van der Waals surface area contributed by atoms with Crippen LogP contribution in [0, 0.1) is 53.2 Å². The fraction of sp³-hybridized carbons (Fsp3) is 0.634. The van der Waals surface area contributed by atoms with Gasteiger partial charge in [0, 0.05) is 72.3 Å². The van der Waals surface area contributed by atoms with Crippen molar-refractivity contribution >= 4 is 70.7 Å². The summed E-state index contributed by atoms with van der Waals surface area (Å²) in [7, 11) is -1.11. The van der Waals surface area contributed by atoms with E-state index in [1.807, 2.05) is 96.6 Å². The minimum absolute atomic E-state index is 0. The average molecular weight is 1800 g/mol. The Morgan fingerprint density at radius 2 is 0.733 bits per heavy atom. The molecule has 23 heteroatoms. The number of nitrogens with two attached hydrogens (primary N) is 1. The summed E-state index contributed by atoms with van der Waals surface area (Å²) in [5.74, 6) is -4.36. The van der Waals surface area contributed by atoms with Crippen LogP contribution < -0.4 is 75.3 Å². The first-order valence-electron chi connectivity index (χ1n) is 56.5. The first-order valence-corrected chi connectivity index (χ1v) is 40.3. The summed E-state index contributed by atoms with van der Waals surface area (Å²) in [4.78, 5) is 89.5. The van der Waals surface area contributed by atoms with Crippen LogP contribution in [0.2, 0.25) is 0 Å². The van der Waals surface area contributed by atoms with E-state index >= 15 is 0 Å². The van der Waals surface area contributed by atoms with Crippen LogP contribution in [0.15, 0.2) is 138 Å². The number of nitrogens with zero attached hydrogens (tertiary/aromatic N) is 1. The van der Waals surface area contributed by atoms with Crippen molar-refractivity contribution in [2.75, 3.05) is 53.4 Å². The number of rotatable bonds is 21. The summed E-state index contributed by atoms with van der Waals surface area (Å²) in [5.41, 5.74) is 3.39. The largest absolute Gasteiger partial charge is 1.00 e. The summed E-state index contributed by atoms with van der Waals surface area (Å²) in [6.45, 7) is -8.35. The predicted octanol–water partition coefficient (Wildman–Crippen LogP) is 13.5. The molecule has 3 aromatic carbocycles. The number of aliphatic hydroxyl groups excluding tert-OH is 2. The molecule has 0 aliphatic heterocycles. The Labute approximate surface area is 788 Å². The number of esters is 5. The van der Waals surface area contributed by atoms with Gasteiger partial charge in [-0.1, -0.05) is 148 Å². The van der Waals surface area contributed by atoms with E-state index in [4.69, 9.17) is 98.7 Å². The van der Waals surface area contributed by atoms with Crippen molar-refractivity contribution in [2.24, 2.45) is 59.1 Å². The smallest absolute Gasteiger partial charge is 1.00 e. The van der Waals surface area contributed by atoms with Gasteiger partial charge in [0.1, 0.15) is 29.0 Å². The van der Waals surface area contributed by atoms with Crippen molar-refractivity contribution in [3.05, 3.63) is 143 Å². The van der Waals surface area contributed by atoms with Crippen LogP contribution >= 0.6 is 7.26 Å². The third kappa shape index (κ3) is 46.4. The van der Waals surface area contributed by atoms with E-state index in [0.29, 0.717) is 128 Å². The first-order chi connectivity index (χ1) is 68.9. The molecule has 3 aromatic rings. The third-order valence-corrected chi connectivity index (χ3v) is 22.5. The van der Waals surface area contributed by atoms with Crippen molar-refractivity contribution < 1.29 is 191 Å². The second-order valence-electron chi connectivity index (χ2n) is 26.1. The summed E-state index contributed by atoms with van der Waals surface area (Å²) in [6, 6.07) is 27.4. The molecular weight excluding hydrogens is 1610 g/mol. The molecule has 4 saturated carbocycles. The standard InChI is InChI=1S/C20H20P.C11H20O2.3C11H18O2.C9H14O3.C9H16O2.C9H14O2.2CH4O.HI.H3N2O.Na/c1-2-21(18-12-6-3-7-13-18,19-14-8-4-9-15-19)20-16-10-5-11-17-20;4*1-3-9-5-7-10(8-6-9)11(12)13-4-2;1-2-12-9(11)7-3-5-8(10)6-4-7;2*1-2-7-3-5-8(6-4-7)9(10)11;2*1-2;;1-2-3;/h3-17H,2H2,1H3;9-10H,3-8H2,1-2H3;2*5,10H,3-4,6-8H2,1-2H3;3,10H,4-8H2,1-2H3;7H,2-6H2,1H3;7-8H,2-6H2,1H3,(H,10,11);3,8H,2,4-6H2,1H3,(H,10,11);2*2H,1H3;1H;3H,1H2;/q+1;;;;;;;;;;;-1;+1/p-1/i1D3,2D2;1D3,3D2,9D;2*1D3,3D2;1D3,3D;;1D3,2D2,7D;1D3,2D2;;;;;. The van der Waals surface area contributed by atoms with Crippen molar-refractivity contribution in [3.8, 4) is 0 Å². The van der Waals surface area contributed by atoms with Crippen molar-refractivity contribution in [3.63, 3.8) is 0 Å². The topological polar surface area (TPSA) is 324 Å². The van der Waals surface area contributed by atoms with Gasteiger partial charge in [0.15, 0.2) is 0 Å². The molecule has 20 nitrogen and oxygen atoms in total. The molecule has 4 fully saturated rings. The summed E-state index contributed by atoms with van der Waals surface area (Å²) in [5, 5.41) is 40.7. The molecule has 0 amide bonds. The zero-order valence-corrected chi connectivity index (χ0v) is 73.6. The SMILES string of the molecule is CCOC(=O)C1CCC(=O)CC1.CO.CO.N[N-]O.[2H]C(=C1CCC(C(=O)OCC)CC1)C([2H])([2H])[2H].[2H]C([2H])([2H])C([2H])([2H])C1([2H])CCC(C(=O)O)CC1.[2H]C([2H])([2H])C([2H])([2H])C1([2H])CCC(C(=O)OCC)CC1.[2H]C([2H])([2H])C([2H])([2H])C1=CCC(C(=O)O)CC1.[2H]C([2H])([2H])C([2H])([2H])C1=CCC(C(=O)OCC)CC1.[2H]C([2H])([2H])C([2H])([2H])C1=CCC(C(=O)OCC)CC1.[2H]C([2H])([2H])C([2H])([2H])[P+](c1ccccc1)(c1ccccc1)c1ccccc1.[I-].[Na+]. The van der Waals surface area contributed by atoms with E-state index in [-0.39, 0.29) is 212 Å². The van der Waals surface area contributed by atoms with E-state index in [1.165, 1.54) is 18.2 Å². The number of aliphatic hydroxyl groups is 2. The normalized spacial score (nSPS) is 27.7. The zero-order chi connectivity index (χ0) is 116. The molecule has 7 N–H and O–H groups in total. The molecule has 0 bridgehead atoms. The van der Waals surface area contributed by atoms with Crippen molar-refractivity contribution in [2.45, 2.75) is 275 Å². The van der Waals surface area contributed by atoms with Gasteiger partial charge in [-0.15, -0.1) is 0 Å². The van der Waals surface area contributed by atoms with E-state index in [0.717, 1.165) is 30.1 Å². The number of ether oxygens (including phenoxy) is 5. The van der Waals surface area contributed by atoms with Crippen LogP contribution in [0.25, 0.3) is 5.59 Å². The molecule has 0 aromatic heterocycles. The number of carbonyl (C=O) groups excluding carboxylic acids is 6. The van der Waals surface area contributed by atoms with Gasteiger partial charge < -0.3 is 84.7 Å². The zero-order valence-electron chi connectivity index (χ0n) is 105. The third-order valence-electron chi connectivity index (χ3n) is 19.0. The molecular formula is C93H149IN2NaO18P. The van der Waals surface area contributed by atoms with Gasteiger partial charge in [0.2, 0.25) is 0 Å². The Bertz CT molecular complexity index is 4580. The molecule has 0 spiro atoms. The summed E-state index contributed by atoms with van der Waals surface area (Å²) >= 11 is 0. The van der Waals surface area contributed by atoms with Gasteiger partial charge in [-0.2, -0.15) is 0 Å². The second-order valence-corrected chi connectivity index (χ2v) is 29.3. The number of ketones is 1. The second kappa shape index (κ2) is 72.4. The predicted molar refractivity (Wildman–Crippen MR) is 461 cm³/mol. The van der Waals surface area contributed by atoms with Crippen LogP contribution in [0.1, 0.15) is 324 Å². The average Bonchev–Trinajstić information content (AvgIpc) is 0.704. The number of benzene rings is 3. The van der Waals surface area contributed by atoms with Crippen molar-refractivity contribution in [1.82, 2.24) is 0 Å². The van der Waals surface area contributed by atoms with E-state index < -0.39 is 129 Å². The molecule has 652 valence electrons. The Balaban J connectivity index is -0.00000166. The molecule has 7 aliphatic carbocycles. The Kier molecular flexibility index (Phi) is 40.2. The van der Waals surface area contributed by atoms with Gasteiger partial charge in [-0.05, 0) is 263 Å². The minimum atomic E-state index is -3.11. The number of carboxylic acid groups (broad SMARTS) is 2. The molecule has 0 heterocycles. The number of carbonyl (C=O) groups is 8. The van der Waals surface area contributed by atoms with Crippen LogP contribution in [0.3, 0.4) is 0 Å². The molecule has 3 atom stereocenters. The maximum absolute atomic E-state index is 11.6. The summed E-state index contributed by atoms with van der Waals surface area (Å²) < 4.78 is 295. The number of aliphatic carboxylic acids is 2. The number of allylic oxidation sites excluding steroid dienone is 8. The molecule has 116 heavy (non-hydrogen) atoms. The van der Waals surface area contributed by atoms with E-state index in [9.17, 15) is 38.4 Å². The number of hydrogen-bond acceptors (Lipinski definition) is 17. The quantitative estimate of drug-likeness (QED) is 0.00843. The van der Waals surface area contributed by atoms with Gasteiger partial charge >= 0.3 is 71.3 Å². The van der Waals surface area contributed by atoms with Crippen molar-refractivity contribution in [1.29, 1.82) is 0 Å². The Morgan fingerprint density at radius 1 is 0.448 bits per heavy atom. The molecule has 7 aliphatic rings. The Morgan fingerprint density at radius 3 is 1.00 bits per heavy atom. The molecule has 0 radical (unpaired) electrons. The minimum Gasteiger partial charge on any atom is -1.00 e. The molecule has 10 rings (SSSR count). The maximum atomic E-state index is 11.6. The molecule has 0 saturated heterocycles. The fourth-order valence-corrected chi connectivity index (χ4v) is 15.7. The Hall–Kier alpha value is -5.46. The monoisotopic (exact) mass is 1800 g/mol. The number of hydrogen-bond donors (Lipinski definition) is 6. The van der Waals surface area contributed by atoms with Gasteiger partial charge in [-0.3, -0.25) is 38.4 Å². The van der Waals surface area contributed by atoms with Crippen LogP contribution in [-0.4, -0.2) is 127 Å². The van der Waals surface area contributed by atoms with Crippen LogP contribution in [0.5, 0.6) is 0 Å². The first kappa shape index (κ1) is 64.4. The summed E-state index contributed by atoms with van der Waals surface area (Å²) in [6.07, 6.45) is -1.57. The van der Waals surface area contributed by atoms with Gasteiger partial charge in [0.05, 0.1) is 84.7 Å². The van der Waals surface area contributed by atoms with Crippen LogP contribution in [0.4, 0.5) is 0 Å². The van der Waals surface area contributed by atoms with Crippen LogP contribution in [-0.2, 0) is 62.0 Å². The fourth-order valence-electron chi connectivity index (χ4n) is 12.6.